The molecule has 138 valence electrons. The molecule has 0 spiro atoms. The predicted molar refractivity (Wildman–Crippen MR) is 111 cm³/mol. The van der Waals surface area contributed by atoms with Crippen LogP contribution in [-0.4, -0.2) is 15.7 Å². The quantitative estimate of drug-likeness (QED) is 0.629. The molecule has 27 heavy (non-hydrogen) atoms. The van der Waals surface area contributed by atoms with Crippen LogP contribution in [0.15, 0.2) is 66.9 Å². The smallest absolute Gasteiger partial charge is 0.249 e. The highest BCUT2D eigenvalue weighted by Crippen LogP contribution is 2.15. The van der Waals surface area contributed by atoms with Crippen molar-refractivity contribution in [2.24, 2.45) is 0 Å². The number of carbonyl (C=O) groups is 1. The molecule has 1 N–H and O–H groups in total. The summed E-state index contributed by atoms with van der Waals surface area (Å²) in [5.74, 6) is 0.860. The van der Waals surface area contributed by atoms with Crippen LogP contribution in [0.2, 0.25) is 0 Å². The van der Waals surface area contributed by atoms with Gasteiger partial charge in [0.05, 0.1) is 6.54 Å². The molecule has 2 aromatic carbocycles. The molecule has 1 aromatic heterocycles. The van der Waals surface area contributed by atoms with E-state index in [2.05, 4.69) is 55.5 Å². The van der Waals surface area contributed by atoms with Gasteiger partial charge < -0.3 is 5.32 Å². The van der Waals surface area contributed by atoms with Crippen LogP contribution < -0.4 is 5.32 Å². The predicted octanol–water partition coefficient (Wildman–Crippen LogP) is 5.02. The molecule has 0 fully saturated rings. The van der Waals surface area contributed by atoms with Gasteiger partial charge in [-0.05, 0) is 41.2 Å². The molecule has 3 aromatic rings. The van der Waals surface area contributed by atoms with Crippen molar-refractivity contribution >= 4 is 17.8 Å². The largest absolute Gasteiger partial charge is 0.306 e. The number of anilines is 1. The number of hydrogen-bond acceptors (Lipinski definition) is 2. The zero-order chi connectivity index (χ0) is 19.2. The maximum atomic E-state index is 12.1. The number of nitrogens with one attached hydrogen (secondary N) is 1. The SMILES string of the molecule is Cc1ccccc1Cn1ccc(NC(=O)/C=C/c2ccc(C(C)C)cc2)n1. The Kier molecular flexibility index (Phi) is 5.87. The van der Waals surface area contributed by atoms with Gasteiger partial charge in [-0.3, -0.25) is 9.48 Å². The summed E-state index contributed by atoms with van der Waals surface area (Å²) >= 11 is 0. The van der Waals surface area contributed by atoms with Gasteiger partial charge in [0.15, 0.2) is 5.82 Å². The van der Waals surface area contributed by atoms with Crippen molar-refractivity contribution in [2.75, 3.05) is 5.32 Å². The Morgan fingerprint density at radius 1 is 1.11 bits per heavy atom. The topological polar surface area (TPSA) is 46.9 Å². The summed E-state index contributed by atoms with van der Waals surface area (Å²) in [4.78, 5) is 12.1. The number of hydrogen-bond donors (Lipinski definition) is 1. The first-order valence-corrected chi connectivity index (χ1v) is 9.18. The molecule has 0 atom stereocenters. The molecule has 0 aliphatic rings. The summed E-state index contributed by atoms with van der Waals surface area (Å²) in [6.07, 6.45) is 5.21. The van der Waals surface area contributed by atoms with Crippen LogP contribution in [0.1, 0.15) is 42.0 Å². The van der Waals surface area contributed by atoms with Crippen LogP contribution in [-0.2, 0) is 11.3 Å². The van der Waals surface area contributed by atoms with Gasteiger partial charge in [0, 0.05) is 18.3 Å². The molecule has 0 radical (unpaired) electrons. The first-order chi connectivity index (χ1) is 13.0. The van der Waals surface area contributed by atoms with E-state index in [0.29, 0.717) is 18.3 Å². The van der Waals surface area contributed by atoms with Gasteiger partial charge in [-0.1, -0.05) is 62.4 Å². The maximum absolute atomic E-state index is 12.1. The molecule has 1 heterocycles. The van der Waals surface area contributed by atoms with Crippen molar-refractivity contribution in [3.05, 3.63) is 89.1 Å². The van der Waals surface area contributed by atoms with Crippen molar-refractivity contribution in [1.82, 2.24) is 9.78 Å². The van der Waals surface area contributed by atoms with Crippen LogP contribution in [0.4, 0.5) is 5.82 Å². The average Bonchev–Trinajstić information content (AvgIpc) is 3.09. The number of rotatable bonds is 6. The number of benzene rings is 2. The second-order valence-electron chi connectivity index (χ2n) is 6.97. The van der Waals surface area contributed by atoms with Crippen LogP contribution in [0, 0.1) is 6.92 Å². The zero-order valence-corrected chi connectivity index (χ0v) is 16.0. The molecule has 4 heteroatoms. The van der Waals surface area contributed by atoms with E-state index in [-0.39, 0.29) is 5.91 Å². The molecular formula is C23H25N3O. The summed E-state index contributed by atoms with van der Waals surface area (Å²) in [5, 5.41) is 7.23. The number of aromatic nitrogens is 2. The van der Waals surface area contributed by atoms with Crippen LogP contribution in [0.3, 0.4) is 0 Å². The monoisotopic (exact) mass is 359 g/mol. The zero-order valence-electron chi connectivity index (χ0n) is 16.0. The van der Waals surface area contributed by atoms with E-state index < -0.39 is 0 Å². The van der Waals surface area contributed by atoms with E-state index in [4.69, 9.17) is 0 Å². The highest BCUT2D eigenvalue weighted by atomic mass is 16.1. The Morgan fingerprint density at radius 3 is 2.56 bits per heavy atom. The van der Waals surface area contributed by atoms with Gasteiger partial charge in [-0.15, -0.1) is 0 Å². The van der Waals surface area contributed by atoms with E-state index in [1.54, 1.807) is 6.07 Å². The maximum Gasteiger partial charge on any atom is 0.249 e. The van der Waals surface area contributed by atoms with Crippen molar-refractivity contribution in [2.45, 2.75) is 33.2 Å². The Labute approximate surface area is 160 Å². The molecule has 0 saturated heterocycles. The lowest BCUT2D eigenvalue weighted by Crippen LogP contribution is -2.09. The molecule has 0 unspecified atom stereocenters. The standard InChI is InChI=1S/C23H25N3O/c1-17(2)20-11-8-19(9-12-20)10-13-23(27)24-22-14-15-26(25-22)16-21-7-5-4-6-18(21)3/h4-15,17H,16H2,1-3H3,(H,24,25,27)/b13-10+. The Hall–Kier alpha value is -3.14. The fraction of sp³-hybridized carbons (Fsp3) is 0.217. The average molecular weight is 359 g/mol. The minimum atomic E-state index is -0.191. The molecular weight excluding hydrogens is 334 g/mol. The highest BCUT2D eigenvalue weighted by Gasteiger charge is 2.04. The summed E-state index contributed by atoms with van der Waals surface area (Å²) in [5.41, 5.74) is 4.73. The third-order valence-electron chi connectivity index (χ3n) is 4.52. The number of amides is 1. The molecule has 1 amide bonds. The molecule has 3 rings (SSSR count). The van der Waals surface area contributed by atoms with E-state index in [9.17, 15) is 4.79 Å². The van der Waals surface area contributed by atoms with Crippen molar-refractivity contribution in [1.29, 1.82) is 0 Å². The fourth-order valence-electron chi connectivity index (χ4n) is 2.81. The fourth-order valence-corrected chi connectivity index (χ4v) is 2.81. The molecule has 0 aliphatic heterocycles. The normalized spacial score (nSPS) is 11.3. The van der Waals surface area contributed by atoms with E-state index >= 15 is 0 Å². The third kappa shape index (κ3) is 5.17. The summed E-state index contributed by atoms with van der Waals surface area (Å²) < 4.78 is 1.83. The Balaban J connectivity index is 1.58. The summed E-state index contributed by atoms with van der Waals surface area (Å²) in [6.45, 7) is 7.09. The van der Waals surface area contributed by atoms with Crippen molar-refractivity contribution in [3.8, 4) is 0 Å². The minimum absolute atomic E-state index is 0.191. The van der Waals surface area contributed by atoms with E-state index in [0.717, 1.165) is 5.56 Å². The van der Waals surface area contributed by atoms with E-state index in [1.165, 1.54) is 22.8 Å². The van der Waals surface area contributed by atoms with Gasteiger partial charge in [0.25, 0.3) is 0 Å². The van der Waals surface area contributed by atoms with Gasteiger partial charge in [-0.25, -0.2) is 0 Å². The molecule has 4 nitrogen and oxygen atoms in total. The van der Waals surface area contributed by atoms with Crippen LogP contribution in [0.5, 0.6) is 0 Å². The number of carbonyl (C=O) groups excluding carboxylic acids is 1. The highest BCUT2D eigenvalue weighted by molar-refractivity contribution is 6.01. The van der Waals surface area contributed by atoms with Crippen molar-refractivity contribution in [3.63, 3.8) is 0 Å². The second-order valence-corrected chi connectivity index (χ2v) is 6.97. The van der Waals surface area contributed by atoms with E-state index in [1.807, 2.05) is 41.2 Å². The Morgan fingerprint density at radius 2 is 1.85 bits per heavy atom. The first-order valence-electron chi connectivity index (χ1n) is 9.18. The van der Waals surface area contributed by atoms with Gasteiger partial charge in [-0.2, -0.15) is 5.10 Å². The lowest BCUT2D eigenvalue weighted by Gasteiger charge is -2.05. The van der Waals surface area contributed by atoms with Gasteiger partial charge in [0.2, 0.25) is 5.91 Å². The first kappa shape index (κ1) is 18.6. The minimum Gasteiger partial charge on any atom is -0.306 e. The summed E-state index contributed by atoms with van der Waals surface area (Å²) in [6, 6.07) is 18.3. The van der Waals surface area contributed by atoms with Gasteiger partial charge >= 0.3 is 0 Å². The number of nitrogens with zero attached hydrogens (tertiary/aromatic N) is 2. The number of aryl methyl sites for hydroxylation is 1. The molecule has 0 aliphatic carbocycles. The third-order valence-corrected chi connectivity index (χ3v) is 4.52. The lowest BCUT2D eigenvalue weighted by atomic mass is 10.0. The van der Waals surface area contributed by atoms with Crippen LogP contribution >= 0.6 is 0 Å². The molecule has 0 bridgehead atoms. The Bertz CT molecular complexity index is 936. The second kappa shape index (κ2) is 8.49. The van der Waals surface area contributed by atoms with Crippen molar-refractivity contribution < 1.29 is 4.79 Å². The lowest BCUT2D eigenvalue weighted by molar-refractivity contribution is -0.111. The summed E-state index contributed by atoms with van der Waals surface area (Å²) in [7, 11) is 0. The molecule has 0 saturated carbocycles. The van der Waals surface area contributed by atoms with Crippen LogP contribution in [0.25, 0.3) is 6.08 Å². The van der Waals surface area contributed by atoms with Gasteiger partial charge in [0.1, 0.15) is 0 Å².